The number of aromatic nitrogens is 1. The SMILES string of the molecule is CN(C)CCOc1cccc2c(Sc3ccccc3F)c[nH]c12. The van der Waals surface area contributed by atoms with E-state index in [-0.39, 0.29) is 5.82 Å². The lowest BCUT2D eigenvalue weighted by Gasteiger charge is -2.11. The van der Waals surface area contributed by atoms with Crippen molar-refractivity contribution in [2.24, 2.45) is 0 Å². The number of rotatable bonds is 6. The molecule has 2 aromatic carbocycles. The normalized spacial score (nSPS) is 11.3. The number of likely N-dealkylation sites (N-methyl/N-ethyl adjacent to an activating group) is 1. The Morgan fingerprint density at radius 2 is 1.91 bits per heavy atom. The van der Waals surface area contributed by atoms with Gasteiger partial charge < -0.3 is 14.6 Å². The second-order valence-electron chi connectivity index (χ2n) is 5.52. The van der Waals surface area contributed by atoms with Crippen LogP contribution in [0.15, 0.2) is 58.5 Å². The quantitative estimate of drug-likeness (QED) is 0.726. The molecule has 0 amide bonds. The molecule has 3 aromatic rings. The average molecular weight is 330 g/mol. The molecular formula is C18H19FN2OS. The van der Waals surface area contributed by atoms with Gasteiger partial charge in [0, 0.05) is 27.9 Å². The maximum Gasteiger partial charge on any atom is 0.143 e. The van der Waals surface area contributed by atoms with Gasteiger partial charge in [-0.1, -0.05) is 36.0 Å². The molecule has 3 rings (SSSR count). The molecule has 0 bridgehead atoms. The summed E-state index contributed by atoms with van der Waals surface area (Å²) in [6.45, 7) is 1.48. The minimum Gasteiger partial charge on any atom is -0.490 e. The maximum absolute atomic E-state index is 13.8. The molecule has 23 heavy (non-hydrogen) atoms. The summed E-state index contributed by atoms with van der Waals surface area (Å²) >= 11 is 1.42. The van der Waals surface area contributed by atoms with Crippen molar-refractivity contribution in [3.05, 3.63) is 54.5 Å². The highest BCUT2D eigenvalue weighted by Gasteiger charge is 2.11. The van der Waals surface area contributed by atoms with E-state index >= 15 is 0 Å². The summed E-state index contributed by atoms with van der Waals surface area (Å²) in [6.07, 6.45) is 1.90. The van der Waals surface area contributed by atoms with Crippen LogP contribution in [-0.2, 0) is 0 Å². The molecule has 3 nitrogen and oxygen atoms in total. The number of halogens is 1. The Morgan fingerprint density at radius 3 is 2.70 bits per heavy atom. The number of H-pyrrole nitrogens is 1. The lowest BCUT2D eigenvalue weighted by molar-refractivity contribution is 0.263. The van der Waals surface area contributed by atoms with Crippen LogP contribution in [0.1, 0.15) is 0 Å². The van der Waals surface area contributed by atoms with Gasteiger partial charge in [0.25, 0.3) is 0 Å². The number of ether oxygens (including phenoxy) is 1. The summed E-state index contributed by atoms with van der Waals surface area (Å²) in [5.74, 6) is 0.620. The highest BCUT2D eigenvalue weighted by atomic mass is 32.2. The van der Waals surface area contributed by atoms with Crippen LogP contribution in [-0.4, -0.2) is 37.1 Å². The summed E-state index contributed by atoms with van der Waals surface area (Å²) in [5.41, 5.74) is 0.949. The molecule has 0 fully saturated rings. The molecule has 0 spiro atoms. The third-order valence-electron chi connectivity index (χ3n) is 3.49. The molecule has 0 aliphatic carbocycles. The highest BCUT2D eigenvalue weighted by molar-refractivity contribution is 7.99. The van der Waals surface area contributed by atoms with Gasteiger partial charge in [0.15, 0.2) is 0 Å². The van der Waals surface area contributed by atoms with Crippen LogP contribution in [0.25, 0.3) is 10.9 Å². The monoisotopic (exact) mass is 330 g/mol. The van der Waals surface area contributed by atoms with E-state index < -0.39 is 0 Å². The second-order valence-corrected chi connectivity index (χ2v) is 6.60. The van der Waals surface area contributed by atoms with Gasteiger partial charge in [-0.2, -0.15) is 0 Å². The summed E-state index contributed by atoms with van der Waals surface area (Å²) in [7, 11) is 4.03. The van der Waals surface area contributed by atoms with Crippen LogP contribution in [0.5, 0.6) is 5.75 Å². The number of aromatic amines is 1. The molecular weight excluding hydrogens is 311 g/mol. The van der Waals surface area contributed by atoms with Crippen LogP contribution in [0.3, 0.4) is 0 Å². The van der Waals surface area contributed by atoms with Crippen LogP contribution in [0, 0.1) is 5.82 Å². The van der Waals surface area contributed by atoms with Crippen molar-refractivity contribution in [3.63, 3.8) is 0 Å². The molecule has 0 saturated carbocycles. The third-order valence-corrected chi connectivity index (χ3v) is 4.60. The third kappa shape index (κ3) is 3.68. The summed E-state index contributed by atoms with van der Waals surface area (Å²) < 4.78 is 19.7. The van der Waals surface area contributed by atoms with E-state index in [2.05, 4.69) is 9.88 Å². The fourth-order valence-electron chi connectivity index (χ4n) is 2.29. The molecule has 0 radical (unpaired) electrons. The van der Waals surface area contributed by atoms with E-state index in [0.717, 1.165) is 28.1 Å². The molecule has 1 aromatic heterocycles. The Morgan fingerprint density at radius 1 is 1.09 bits per heavy atom. The zero-order chi connectivity index (χ0) is 16.2. The second kappa shape index (κ2) is 7.06. The Labute approximate surface area is 139 Å². The van der Waals surface area contributed by atoms with Gasteiger partial charge in [-0.25, -0.2) is 4.39 Å². The lowest BCUT2D eigenvalue weighted by Crippen LogP contribution is -2.19. The van der Waals surface area contributed by atoms with Crippen LogP contribution >= 0.6 is 11.8 Å². The topological polar surface area (TPSA) is 28.3 Å². The zero-order valence-corrected chi connectivity index (χ0v) is 14.0. The molecule has 0 atom stereocenters. The molecule has 5 heteroatoms. The predicted molar refractivity (Wildman–Crippen MR) is 92.9 cm³/mol. The first-order chi connectivity index (χ1) is 11.1. The molecule has 0 saturated heterocycles. The highest BCUT2D eigenvalue weighted by Crippen LogP contribution is 2.37. The summed E-state index contributed by atoms with van der Waals surface area (Å²) in [5, 5.41) is 1.04. The van der Waals surface area contributed by atoms with E-state index in [4.69, 9.17) is 4.74 Å². The number of nitrogens with one attached hydrogen (secondary N) is 1. The van der Waals surface area contributed by atoms with E-state index in [1.165, 1.54) is 17.8 Å². The average Bonchev–Trinajstić information content (AvgIpc) is 2.93. The van der Waals surface area contributed by atoms with E-state index in [0.29, 0.717) is 11.5 Å². The molecule has 0 aliphatic rings. The molecule has 1 N–H and O–H groups in total. The largest absolute Gasteiger partial charge is 0.490 e. The zero-order valence-electron chi connectivity index (χ0n) is 13.2. The number of benzene rings is 2. The van der Waals surface area contributed by atoms with Crippen LogP contribution < -0.4 is 4.74 Å². The lowest BCUT2D eigenvalue weighted by atomic mass is 10.2. The number of para-hydroxylation sites is 1. The first-order valence-corrected chi connectivity index (χ1v) is 8.27. The maximum atomic E-state index is 13.8. The Kier molecular flexibility index (Phi) is 4.88. The summed E-state index contributed by atoms with van der Waals surface area (Å²) in [6, 6.07) is 12.7. The van der Waals surface area contributed by atoms with Gasteiger partial charge in [-0.05, 0) is 32.3 Å². The molecule has 120 valence electrons. The Bertz CT molecular complexity index is 801. The standard InChI is InChI=1S/C18H19FN2OS/c1-21(2)10-11-22-15-8-5-6-13-17(12-20-18(13)15)23-16-9-4-3-7-14(16)19/h3-9,12,20H,10-11H2,1-2H3. The first kappa shape index (κ1) is 15.9. The smallest absolute Gasteiger partial charge is 0.143 e. The fourth-order valence-corrected chi connectivity index (χ4v) is 3.24. The van der Waals surface area contributed by atoms with Gasteiger partial charge in [0.1, 0.15) is 18.2 Å². The van der Waals surface area contributed by atoms with Crippen LogP contribution in [0.4, 0.5) is 4.39 Å². The van der Waals surface area contributed by atoms with Crippen molar-refractivity contribution in [1.82, 2.24) is 9.88 Å². The number of hydrogen-bond acceptors (Lipinski definition) is 3. The fraction of sp³-hybridized carbons (Fsp3) is 0.222. The van der Waals surface area contributed by atoms with Gasteiger partial charge in [-0.15, -0.1) is 0 Å². The number of fused-ring (bicyclic) bond motifs is 1. The minimum atomic E-state index is -0.203. The summed E-state index contributed by atoms with van der Waals surface area (Å²) in [4.78, 5) is 6.94. The van der Waals surface area contributed by atoms with E-state index in [1.54, 1.807) is 12.1 Å². The van der Waals surface area contributed by atoms with Crippen molar-refractivity contribution in [1.29, 1.82) is 0 Å². The van der Waals surface area contributed by atoms with Gasteiger partial charge in [0.2, 0.25) is 0 Å². The Balaban J connectivity index is 1.85. The Hall–Kier alpha value is -1.98. The van der Waals surface area contributed by atoms with Crippen molar-refractivity contribution < 1.29 is 9.13 Å². The van der Waals surface area contributed by atoms with Gasteiger partial charge in [-0.3, -0.25) is 0 Å². The molecule has 0 unspecified atom stereocenters. The van der Waals surface area contributed by atoms with Crippen molar-refractivity contribution in [2.75, 3.05) is 27.2 Å². The van der Waals surface area contributed by atoms with Crippen molar-refractivity contribution >= 4 is 22.7 Å². The number of nitrogens with zero attached hydrogens (tertiary/aromatic N) is 1. The van der Waals surface area contributed by atoms with Gasteiger partial charge in [0.05, 0.1) is 5.52 Å². The molecule has 0 aliphatic heterocycles. The first-order valence-electron chi connectivity index (χ1n) is 7.45. The van der Waals surface area contributed by atoms with Gasteiger partial charge >= 0.3 is 0 Å². The minimum absolute atomic E-state index is 0.203. The van der Waals surface area contributed by atoms with Crippen molar-refractivity contribution in [2.45, 2.75) is 9.79 Å². The predicted octanol–water partition coefficient (Wildman–Crippen LogP) is 4.40. The van der Waals surface area contributed by atoms with E-state index in [9.17, 15) is 4.39 Å². The van der Waals surface area contributed by atoms with E-state index in [1.807, 2.05) is 44.6 Å². The molecule has 1 heterocycles. The van der Waals surface area contributed by atoms with Crippen molar-refractivity contribution in [3.8, 4) is 5.75 Å². The number of hydrogen-bond donors (Lipinski definition) is 1. The van der Waals surface area contributed by atoms with Crippen LogP contribution in [0.2, 0.25) is 0 Å².